The molecule has 2 N–H and O–H groups in total. The van der Waals surface area contributed by atoms with Crippen LogP contribution in [-0.4, -0.2) is 5.84 Å². The zero-order valence-corrected chi connectivity index (χ0v) is 9.24. The number of aliphatic imine (C=N–C) groups is 1. The second-order valence-corrected chi connectivity index (χ2v) is 4.30. The third-order valence-electron chi connectivity index (χ3n) is 3.14. The first-order valence-corrected chi connectivity index (χ1v) is 5.67. The summed E-state index contributed by atoms with van der Waals surface area (Å²) in [4.78, 5) is 4.54. The molecule has 0 unspecified atom stereocenters. The lowest BCUT2D eigenvalue weighted by Crippen LogP contribution is -2.20. The van der Waals surface area contributed by atoms with E-state index in [0.717, 1.165) is 11.5 Å². The first-order chi connectivity index (χ1) is 7.27. The molecule has 0 bridgehead atoms. The molecule has 1 fully saturated rings. The summed E-state index contributed by atoms with van der Waals surface area (Å²) in [5, 5.41) is 0. The third kappa shape index (κ3) is 2.38. The van der Waals surface area contributed by atoms with Crippen molar-refractivity contribution in [3.8, 4) is 0 Å². The highest BCUT2D eigenvalue weighted by molar-refractivity contribution is 5.85. The van der Waals surface area contributed by atoms with E-state index in [1.807, 2.05) is 18.2 Å². The van der Waals surface area contributed by atoms with Gasteiger partial charge in [-0.3, -0.25) is 0 Å². The van der Waals surface area contributed by atoms with Crippen LogP contribution in [0.4, 0.5) is 5.69 Å². The minimum Gasteiger partial charge on any atom is -0.387 e. The van der Waals surface area contributed by atoms with Crippen LogP contribution in [0.15, 0.2) is 29.3 Å². The minimum atomic E-state index is 0.518. The molecule has 0 amide bonds. The van der Waals surface area contributed by atoms with Crippen molar-refractivity contribution in [1.82, 2.24) is 0 Å². The van der Waals surface area contributed by atoms with Gasteiger partial charge in [-0.15, -0.1) is 0 Å². The number of nitrogens with zero attached hydrogens (tertiary/aromatic N) is 1. The average Bonchev–Trinajstić information content (AvgIpc) is 2.74. The number of amidine groups is 1. The van der Waals surface area contributed by atoms with Crippen LogP contribution >= 0.6 is 0 Å². The van der Waals surface area contributed by atoms with Crippen LogP contribution in [0.1, 0.15) is 31.2 Å². The van der Waals surface area contributed by atoms with Gasteiger partial charge in [0.1, 0.15) is 5.84 Å². The lowest BCUT2D eigenvalue weighted by molar-refractivity contribution is 0.722. The van der Waals surface area contributed by atoms with Crippen molar-refractivity contribution in [1.29, 1.82) is 0 Å². The van der Waals surface area contributed by atoms with Gasteiger partial charge in [0.25, 0.3) is 0 Å². The van der Waals surface area contributed by atoms with E-state index in [0.29, 0.717) is 5.92 Å². The summed E-state index contributed by atoms with van der Waals surface area (Å²) >= 11 is 0. The fourth-order valence-electron chi connectivity index (χ4n) is 2.14. The van der Waals surface area contributed by atoms with Gasteiger partial charge >= 0.3 is 0 Å². The van der Waals surface area contributed by atoms with E-state index in [4.69, 9.17) is 5.73 Å². The highest BCUT2D eigenvalue weighted by Crippen LogP contribution is 2.26. The van der Waals surface area contributed by atoms with E-state index in [2.05, 4.69) is 18.0 Å². The molecule has 1 aliphatic rings. The summed E-state index contributed by atoms with van der Waals surface area (Å²) < 4.78 is 0. The quantitative estimate of drug-likeness (QED) is 0.580. The first-order valence-electron chi connectivity index (χ1n) is 5.67. The molecule has 0 aliphatic heterocycles. The fraction of sp³-hybridized carbons (Fsp3) is 0.462. The number of hydrogen-bond donors (Lipinski definition) is 1. The highest BCUT2D eigenvalue weighted by Gasteiger charge is 2.18. The molecular weight excluding hydrogens is 184 g/mol. The van der Waals surface area contributed by atoms with Crippen molar-refractivity contribution >= 4 is 11.5 Å². The molecule has 80 valence electrons. The van der Waals surface area contributed by atoms with Gasteiger partial charge in [-0.1, -0.05) is 31.0 Å². The molecule has 1 aromatic rings. The molecule has 0 heterocycles. The molecule has 1 saturated carbocycles. The predicted molar refractivity (Wildman–Crippen MR) is 64.4 cm³/mol. The Bertz CT molecular complexity index is 363. The smallest absolute Gasteiger partial charge is 0.103 e. The monoisotopic (exact) mass is 202 g/mol. The van der Waals surface area contributed by atoms with E-state index in [-0.39, 0.29) is 0 Å². The zero-order valence-electron chi connectivity index (χ0n) is 9.24. The Morgan fingerprint density at radius 1 is 1.27 bits per heavy atom. The highest BCUT2D eigenvalue weighted by atomic mass is 14.9. The molecular formula is C13H18N2. The van der Waals surface area contributed by atoms with Crippen LogP contribution in [0.3, 0.4) is 0 Å². The van der Waals surface area contributed by atoms with E-state index >= 15 is 0 Å². The minimum absolute atomic E-state index is 0.518. The van der Waals surface area contributed by atoms with Crippen molar-refractivity contribution in [2.45, 2.75) is 32.6 Å². The van der Waals surface area contributed by atoms with Crippen LogP contribution in [0, 0.1) is 12.8 Å². The Kier molecular flexibility index (Phi) is 3.05. The SMILES string of the molecule is Cc1ccccc1N=C(N)C1CCCC1. The van der Waals surface area contributed by atoms with Gasteiger partial charge in [-0.2, -0.15) is 0 Å². The third-order valence-corrected chi connectivity index (χ3v) is 3.14. The van der Waals surface area contributed by atoms with E-state index in [1.54, 1.807) is 0 Å². The molecule has 0 spiro atoms. The first kappa shape index (κ1) is 10.2. The summed E-state index contributed by atoms with van der Waals surface area (Å²) in [6, 6.07) is 8.13. The molecule has 15 heavy (non-hydrogen) atoms. The van der Waals surface area contributed by atoms with Crippen molar-refractivity contribution in [2.24, 2.45) is 16.6 Å². The van der Waals surface area contributed by atoms with Gasteiger partial charge < -0.3 is 5.73 Å². The number of aryl methyl sites for hydroxylation is 1. The Labute approximate surface area is 91.2 Å². The molecule has 0 aromatic heterocycles. The Morgan fingerprint density at radius 2 is 1.93 bits per heavy atom. The van der Waals surface area contributed by atoms with E-state index in [1.165, 1.54) is 31.2 Å². The molecule has 1 aliphatic carbocycles. The van der Waals surface area contributed by atoms with Crippen molar-refractivity contribution in [2.75, 3.05) is 0 Å². The molecule has 0 saturated heterocycles. The molecule has 0 atom stereocenters. The maximum atomic E-state index is 6.03. The number of benzene rings is 1. The lowest BCUT2D eigenvalue weighted by atomic mass is 10.1. The number of hydrogen-bond acceptors (Lipinski definition) is 1. The van der Waals surface area contributed by atoms with Gasteiger partial charge in [0.2, 0.25) is 0 Å². The molecule has 2 rings (SSSR count). The standard InChI is InChI=1S/C13H18N2/c1-10-6-2-5-9-12(10)15-13(14)11-7-3-4-8-11/h2,5-6,9,11H,3-4,7-8H2,1H3,(H2,14,15). The van der Waals surface area contributed by atoms with Crippen LogP contribution in [0.2, 0.25) is 0 Å². The van der Waals surface area contributed by atoms with Crippen molar-refractivity contribution in [3.63, 3.8) is 0 Å². The zero-order chi connectivity index (χ0) is 10.7. The molecule has 0 radical (unpaired) electrons. The topological polar surface area (TPSA) is 38.4 Å². The number of nitrogens with two attached hydrogens (primary N) is 1. The maximum Gasteiger partial charge on any atom is 0.103 e. The lowest BCUT2D eigenvalue weighted by Gasteiger charge is -2.08. The van der Waals surface area contributed by atoms with Crippen LogP contribution in [0.5, 0.6) is 0 Å². The number of para-hydroxylation sites is 1. The van der Waals surface area contributed by atoms with Gasteiger partial charge in [0.15, 0.2) is 0 Å². The van der Waals surface area contributed by atoms with Crippen LogP contribution in [-0.2, 0) is 0 Å². The Hall–Kier alpha value is -1.31. The second kappa shape index (κ2) is 4.47. The van der Waals surface area contributed by atoms with Crippen molar-refractivity contribution in [3.05, 3.63) is 29.8 Å². The fourth-order valence-corrected chi connectivity index (χ4v) is 2.14. The van der Waals surface area contributed by atoms with Crippen LogP contribution in [0.25, 0.3) is 0 Å². The van der Waals surface area contributed by atoms with Gasteiger partial charge in [-0.25, -0.2) is 4.99 Å². The molecule has 1 aromatic carbocycles. The second-order valence-electron chi connectivity index (χ2n) is 4.30. The largest absolute Gasteiger partial charge is 0.387 e. The summed E-state index contributed by atoms with van der Waals surface area (Å²) in [5.74, 6) is 1.34. The van der Waals surface area contributed by atoms with Crippen LogP contribution < -0.4 is 5.73 Å². The Balaban J connectivity index is 2.18. The summed E-state index contributed by atoms with van der Waals surface area (Å²) in [6.45, 7) is 2.07. The van der Waals surface area contributed by atoms with E-state index < -0.39 is 0 Å². The van der Waals surface area contributed by atoms with Gasteiger partial charge in [0, 0.05) is 5.92 Å². The van der Waals surface area contributed by atoms with Gasteiger partial charge in [-0.05, 0) is 31.4 Å². The van der Waals surface area contributed by atoms with E-state index in [9.17, 15) is 0 Å². The van der Waals surface area contributed by atoms with Crippen molar-refractivity contribution < 1.29 is 0 Å². The Morgan fingerprint density at radius 3 is 2.60 bits per heavy atom. The summed E-state index contributed by atoms with van der Waals surface area (Å²) in [7, 11) is 0. The summed E-state index contributed by atoms with van der Waals surface area (Å²) in [5.41, 5.74) is 8.24. The molecule has 2 nitrogen and oxygen atoms in total. The summed E-state index contributed by atoms with van der Waals surface area (Å²) in [6.07, 6.45) is 5.02. The number of rotatable bonds is 2. The predicted octanol–water partition coefficient (Wildman–Crippen LogP) is 3.17. The normalized spacial score (nSPS) is 18.3. The maximum absolute atomic E-state index is 6.03. The average molecular weight is 202 g/mol. The van der Waals surface area contributed by atoms with Gasteiger partial charge in [0.05, 0.1) is 5.69 Å². The molecule has 2 heteroatoms.